The quantitative estimate of drug-likeness (QED) is 0.928. The van der Waals surface area contributed by atoms with E-state index in [1.54, 1.807) is 4.90 Å². The highest BCUT2D eigenvalue weighted by Crippen LogP contribution is 2.24. The Kier molecular flexibility index (Phi) is 6.92. The van der Waals surface area contributed by atoms with Gasteiger partial charge in [-0.15, -0.1) is 12.4 Å². The molecular weight excluding hydrogens is 295 g/mol. The average Bonchev–Trinajstić information content (AvgIpc) is 2.46. The number of likely N-dealkylation sites (tertiary alicyclic amines) is 1. The molecule has 1 aliphatic heterocycles. The first-order valence-corrected chi connectivity index (χ1v) is 7.03. The van der Waals surface area contributed by atoms with Gasteiger partial charge in [-0.3, -0.25) is 4.79 Å². The Morgan fingerprint density at radius 2 is 2.10 bits per heavy atom. The van der Waals surface area contributed by atoms with Crippen molar-refractivity contribution >= 4 is 18.3 Å². The molecule has 1 saturated heterocycles. The summed E-state index contributed by atoms with van der Waals surface area (Å²) in [5, 5.41) is 0. The molecule has 4 nitrogen and oxygen atoms in total. The molecule has 1 amide bonds. The summed E-state index contributed by atoms with van der Waals surface area (Å²) in [4.78, 5) is 14.3. The van der Waals surface area contributed by atoms with Gasteiger partial charge in [0.05, 0.1) is 5.56 Å². The van der Waals surface area contributed by atoms with E-state index in [9.17, 15) is 9.18 Å². The highest BCUT2D eigenvalue weighted by atomic mass is 35.5. The van der Waals surface area contributed by atoms with Crippen LogP contribution in [0.3, 0.4) is 0 Å². The minimum Gasteiger partial charge on any atom is -0.491 e. The van der Waals surface area contributed by atoms with Crippen molar-refractivity contribution in [1.29, 1.82) is 0 Å². The SMILES string of the molecule is CC1CCN(C(=O)c2cc(F)ccc2OCCN)CC1.Cl. The first-order valence-electron chi connectivity index (χ1n) is 7.03. The number of amides is 1. The van der Waals surface area contributed by atoms with Crippen LogP contribution >= 0.6 is 12.4 Å². The second kappa shape index (κ2) is 8.20. The van der Waals surface area contributed by atoms with Crippen molar-refractivity contribution in [3.8, 4) is 5.75 Å². The number of hydrogen-bond acceptors (Lipinski definition) is 3. The molecule has 1 heterocycles. The zero-order valence-electron chi connectivity index (χ0n) is 12.2. The van der Waals surface area contributed by atoms with Crippen LogP contribution in [0.2, 0.25) is 0 Å². The van der Waals surface area contributed by atoms with Gasteiger partial charge in [-0.1, -0.05) is 6.92 Å². The lowest BCUT2D eigenvalue weighted by Gasteiger charge is -2.30. The standard InChI is InChI=1S/C15H21FN2O2.ClH/c1-11-4-7-18(8-5-11)15(19)13-10-12(16)2-3-14(13)20-9-6-17;/h2-3,10-11H,4-9,17H2,1H3;1H. The summed E-state index contributed by atoms with van der Waals surface area (Å²) in [5.74, 6) is 0.447. The molecule has 0 bridgehead atoms. The first kappa shape index (κ1) is 17.7. The van der Waals surface area contributed by atoms with Gasteiger partial charge in [0.25, 0.3) is 5.91 Å². The fourth-order valence-corrected chi connectivity index (χ4v) is 2.35. The van der Waals surface area contributed by atoms with Crippen LogP contribution in [0.1, 0.15) is 30.1 Å². The second-order valence-electron chi connectivity index (χ2n) is 5.25. The van der Waals surface area contributed by atoms with Crippen molar-refractivity contribution in [2.45, 2.75) is 19.8 Å². The van der Waals surface area contributed by atoms with Gasteiger partial charge in [0.2, 0.25) is 0 Å². The fourth-order valence-electron chi connectivity index (χ4n) is 2.35. The minimum atomic E-state index is -0.432. The van der Waals surface area contributed by atoms with Gasteiger partial charge in [-0.05, 0) is 37.0 Å². The predicted molar refractivity (Wildman–Crippen MR) is 82.5 cm³/mol. The number of piperidine rings is 1. The second-order valence-corrected chi connectivity index (χ2v) is 5.25. The number of ether oxygens (including phenoxy) is 1. The van der Waals surface area contributed by atoms with Gasteiger partial charge in [-0.25, -0.2) is 4.39 Å². The Balaban J connectivity index is 0.00000220. The minimum absolute atomic E-state index is 0. The van der Waals surface area contributed by atoms with Crippen LogP contribution in [-0.2, 0) is 0 Å². The van der Waals surface area contributed by atoms with Crippen molar-refractivity contribution in [2.24, 2.45) is 11.7 Å². The number of carbonyl (C=O) groups excluding carboxylic acids is 1. The van der Waals surface area contributed by atoms with E-state index >= 15 is 0 Å². The maximum Gasteiger partial charge on any atom is 0.257 e. The molecule has 2 N–H and O–H groups in total. The molecule has 1 aromatic rings. The van der Waals surface area contributed by atoms with Crippen LogP contribution in [0, 0.1) is 11.7 Å². The summed E-state index contributed by atoms with van der Waals surface area (Å²) in [6.07, 6.45) is 1.97. The molecule has 118 valence electrons. The van der Waals surface area contributed by atoms with Gasteiger partial charge in [0.15, 0.2) is 0 Å². The number of hydrogen-bond donors (Lipinski definition) is 1. The Morgan fingerprint density at radius 3 is 2.71 bits per heavy atom. The third kappa shape index (κ3) is 4.58. The van der Waals surface area contributed by atoms with Crippen molar-refractivity contribution in [3.05, 3.63) is 29.6 Å². The largest absolute Gasteiger partial charge is 0.491 e. The summed E-state index contributed by atoms with van der Waals surface area (Å²) in [6, 6.07) is 4.03. The van der Waals surface area contributed by atoms with E-state index in [4.69, 9.17) is 10.5 Å². The van der Waals surface area contributed by atoms with Crippen molar-refractivity contribution in [3.63, 3.8) is 0 Å². The van der Waals surface area contributed by atoms with E-state index in [-0.39, 0.29) is 23.9 Å². The Labute approximate surface area is 130 Å². The van der Waals surface area contributed by atoms with E-state index in [1.165, 1.54) is 18.2 Å². The molecule has 6 heteroatoms. The summed E-state index contributed by atoms with van der Waals surface area (Å²) in [6.45, 7) is 4.27. The van der Waals surface area contributed by atoms with Crippen LogP contribution in [0.15, 0.2) is 18.2 Å². The van der Waals surface area contributed by atoms with E-state index in [1.807, 2.05) is 0 Å². The van der Waals surface area contributed by atoms with Gasteiger partial charge in [0.1, 0.15) is 18.2 Å². The molecule has 21 heavy (non-hydrogen) atoms. The van der Waals surface area contributed by atoms with Crippen molar-refractivity contribution in [1.82, 2.24) is 4.90 Å². The Bertz CT molecular complexity index is 477. The van der Waals surface area contributed by atoms with E-state index in [0.717, 1.165) is 12.8 Å². The fraction of sp³-hybridized carbons (Fsp3) is 0.533. The molecule has 0 aliphatic carbocycles. The van der Waals surface area contributed by atoms with Crippen LogP contribution in [0.5, 0.6) is 5.75 Å². The third-order valence-electron chi connectivity index (χ3n) is 3.62. The average molecular weight is 317 g/mol. The molecule has 0 saturated carbocycles. The third-order valence-corrected chi connectivity index (χ3v) is 3.62. The van der Waals surface area contributed by atoms with Gasteiger partial charge < -0.3 is 15.4 Å². The topological polar surface area (TPSA) is 55.6 Å². The molecule has 1 aliphatic rings. The molecule has 1 aromatic carbocycles. The summed E-state index contributed by atoms with van der Waals surface area (Å²) in [5.41, 5.74) is 5.68. The van der Waals surface area contributed by atoms with E-state index in [0.29, 0.717) is 37.9 Å². The molecular formula is C15H22ClFN2O2. The van der Waals surface area contributed by atoms with Gasteiger partial charge in [-0.2, -0.15) is 0 Å². The Morgan fingerprint density at radius 1 is 1.43 bits per heavy atom. The number of nitrogens with zero attached hydrogens (tertiary/aromatic N) is 1. The molecule has 0 unspecified atom stereocenters. The van der Waals surface area contributed by atoms with Crippen LogP contribution in [0.25, 0.3) is 0 Å². The maximum absolute atomic E-state index is 13.4. The first-order chi connectivity index (χ1) is 9.61. The molecule has 0 spiro atoms. The number of benzene rings is 1. The highest BCUT2D eigenvalue weighted by Gasteiger charge is 2.24. The van der Waals surface area contributed by atoms with Crippen LogP contribution in [-0.4, -0.2) is 37.0 Å². The number of carbonyl (C=O) groups is 1. The lowest BCUT2D eigenvalue weighted by molar-refractivity contribution is 0.0692. The number of rotatable bonds is 4. The zero-order chi connectivity index (χ0) is 14.5. The van der Waals surface area contributed by atoms with Gasteiger partial charge >= 0.3 is 0 Å². The zero-order valence-corrected chi connectivity index (χ0v) is 13.0. The van der Waals surface area contributed by atoms with Crippen LogP contribution in [0.4, 0.5) is 4.39 Å². The molecule has 1 fully saturated rings. The number of nitrogens with two attached hydrogens (primary N) is 1. The monoisotopic (exact) mass is 316 g/mol. The maximum atomic E-state index is 13.4. The summed E-state index contributed by atoms with van der Waals surface area (Å²) in [7, 11) is 0. The van der Waals surface area contributed by atoms with Crippen molar-refractivity contribution in [2.75, 3.05) is 26.2 Å². The normalized spacial score (nSPS) is 15.5. The molecule has 2 rings (SSSR count). The Hall–Kier alpha value is -1.33. The van der Waals surface area contributed by atoms with E-state index in [2.05, 4.69) is 6.92 Å². The van der Waals surface area contributed by atoms with Crippen LogP contribution < -0.4 is 10.5 Å². The summed E-state index contributed by atoms with van der Waals surface area (Å²) < 4.78 is 18.8. The lowest BCUT2D eigenvalue weighted by atomic mass is 9.98. The van der Waals surface area contributed by atoms with E-state index < -0.39 is 5.82 Å². The smallest absolute Gasteiger partial charge is 0.257 e. The summed E-state index contributed by atoms with van der Waals surface area (Å²) >= 11 is 0. The predicted octanol–water partition coefficient (Wildman–Crippen LogP) is 2.46. The lowest BCUT2D eigenvalue weighted by Crippen LogP contribution is -2.38. The van der Waals surface area contributed by atoms with Crippen molar-refractivity contribution < 1.29 is 13.9 Å². The number of halogens is 2. The molecule has 0 aromatic heterocycles. The molecule has 0 radical (unpaired) electrons. The highest BCUT2D eigenvalue weighted by molar-refractivity contribution is 5.97. The molecule has 0 atom stereocenters. The van der Waals surface area contributed by atoms with Gasteiger partial charge in [0, 0.05) is 19.6 Å².